The molecule has 118 valence electrons. The molecule has 1 aliphatic carbocycles. The molecule has 0 saturated heterocycles. The normalized spacial score (nSPS) is 14.2. The first kappa shape index (κ1) is 16.1. The highest BCUT2D eigenvalue weighted by Gasteiger charge is 2.21. The molecule has 5 heteroatoms. The lowest BCUT2D eigenvalue weighted by Crippen LogP contribution is -2.19. The van der Waals surface area contributed by atoms with Gasteiger partial charge in [0.25, 0.3) is 0 Å². The van der Waals surface area contributed by atoms with Crippen LogP contribution < -0.4 is 14.8 Å². The molecule has 0 aromatic heterocycles. The zero-order valence-corrected chi connectivity index (χ0v) is 12.9. The second-order valence-corrected chi connectivity index (χ2v) is 5.19. The van der Waals surface area contributed by atoms with Crippen molar-refractivity contribution in [3.63, 3.8) is 0 Å². The number of benzene rings is 1. The number of ether oxygens (including phenoxy) is 4. The molecule has 1 fully saturated rings. The van der Waals surface area contributed by atoms with Crippen LogP contribution in [0.1, 0.15) is 18.4 Å². The molecule has 1 aliphatic rings. The summed E-state index contributed by atoms with van der Waals surface area (Å²) in [5, 5.41) is 3.31. The SMILES string of the molecule is COCCNCc1cccc(OC)c1OCOCC1CC1. The standard InChI is InChI=1S/C16H25NO4/c1-18-9-8-17-10-14-4-3-5-15(19-2)16(14)21-12-20-11-13-6-7-13/h3-5,13,17H,6-12H2,1-2H3. The summed E-state index contributed by atoms with van der Waals surface area (Å²) in [5.74, 6) is 2.22. The van der Waals surface area contributed by atoms with Crippen molar-refractivity contribution in [2.24, 2.45) is 5.92 Å². The monoisotopic (exact) mass is 295 g/mol. The quantitative estimate of drug-likeness (QED) is 0.501. The number of para-hydroxylation sites is 1. The molecule has 0 aliphatic heterocycles. The Kier molecular flexibility index (Phi) is 6.79. The fraction of sp³-hybridized carbons (Fsp3) is 0.625. The van der Waals surface area contributed by atoms with Crippen LogP contribution in [0.4, 0.5) is 0 Å². The number of nitrogens with one attached hydrogen (secondary N) is 1. The molecule has 2 rings (SSSR count). The highest BCUT2D eigenvalue weighted by Crippen LogP contribution is 2.32. The zero-order chi connectivity index (χ0) is 14.9. The predicted octanol–water partition coefficient (Wildman–Crippen LogP) is 2.19. The van der Waals surface area contributed by atoms with Crippen molar-refractivity contribution < 1.29 is 18.9 Å². The lowest BCUT2D eigenvalue weighted by atomic mass is 10.2. The molecule has 0 atom stereocenters. The number of rotatable bonds is 11. The average molecular weight is 295 g/mol. The van der Waals surface area contributed by atoms with Gasteiger partial charge in [0, 0.05) is 25.8 Å². The smallest absolute Gasteiger partial charge is 0.189 e. The Morgan fingerprint density at radius 3 is 2.81 bits per heavy atom. The summed E-state index contributed by atoms with van der Waals surface area (Å²) < 4.78 is 21.7. The van der Waals surface area contributed by atoms with Crippen LogP contribution >= 0.6 is 0 Å². The Hall–Kier alpha value is -1.30. The van der Waals surface area contributed by atoms with Gasteiger partial charge in [0.1, 0.15) is 0 Å². The molecule has 1 aromatic rings. The first-order valence-electron chi connectivity index (χ1n) is 7.41. The summed E-state index contributed by atoms with van der Waals surface area (Å²) in [4.78, 5) is 0. The van der Waals surface area contributed by atoms with Crippen LogP contribution in [0.25, 0.3) is 0 Å². The average Bonchev–Trinajstić information content (AvgIpc) is 3.33. The molecule has 21 heavy (non-hydrogen) atoms. The molecule has 0 bridgehead atoms. The van der Waals surface area contributed by atoms with Crippen LogP contribution in [-0.4, -0.2) is 40.8 Å². The van der Waals surface area contributed by atoms with Crippen molar-refractivity contribution in [2.75, 3.05) is 40.8 Å². The van der Waals surface area contributed by atoms with Crippen molar-refractivity contribution in [3.05, 3.63) is 23.8 Å². The summed E-state index contributed by atoms with van der Waals surface area (Å²) in [6.07, 6.45) is 2.56. The van der Waals surface area contributed by atoms with E-state index in [1.807, 2.05) is 18.2 Å². The van der Waals surface area contributed by atoms with Crippen LogP contribution in [0, 0.1) is 5.92 Å². The van der Waals surface area contributed by atoms with Gasteiger partial charge in [0.2, 0.25) is 0 Å². The van der Waals surface area contributed by atoms with Crippen molar-refractivity contribution in [3.8, 4) is 11.5 Å². The first-order valence-corrected chi connectivity index (χ1v) is 7.41. The molecular formula is C16H25NO4. The molecule has 0 heterocycles. The molecule has 5 nitrogen and oxygen atoms in total. The second-order valence-electron chi connectivity index (χ2n) is 5.19. The second kappa shape index (κ2) is 8.87. The molecule has 1 N–H and O–H groups in total. The van der Waals surface area contributed by atoms with E-state index in [0.717, 1.165) is 36.1 Å². The van der Waals surface area contributed by atoms with E-state index in [1.54, 1.807) is 14.2 Å². The van der Waals surface area contributed by atoms with Gasteiger partial charge in [0.15, 0.2) is 18.3 Å². The number of methoxy groups -OCH3 is 2. The Bertz CT molecular complexity index is 421. The maximum atomic E-state index is 5.78. The van der Waals surface area contributed by atoms with Gasteiger partial charge in [0.05, 0.1) is 20.3 Å². The summed E-state index contributed by atoms with van der Waals surface area (Å²) in [6, 6.07) is 5.89. The van der Waals surface area contributed by atoms with Crippen LogP contribution in [0.3, 0.4) is 0 Å². The molecule has 0 spiro atoms. The van der Waals surface area contributed by atoms with Gasteiger partial charge in [-0.3, -0.25) is 0 Å². The van der Waals surface area contributed by atoms with E-state index in [1.165, 1.54) is 12.8 Å². The van der Waals surface area contributed by atoms with Crippen molar-refractivity contribution >= 4 is 0 Å². The van der Waals surface area contributed by atoms with Gasteiger partial charge in [-0.1, -0.05) is 12.1 Å². The summed E-state index contributed by atoms with van der Waals surface area (Å²) in [5.41, 5.74) is 1.06. The fourth-order valence-electron chi connectivity index (χ4n) is 2.02. The third kappa shape index (κ3) is 5.53. The van der Waals surface area contributed by atoms with E-state index in [-0.39, 0.29) is 6.79 Å². The Balaban J connectivity index is 1.87. The number of hydrogen-bond acceptors (Lipinski definition) is 5. The molecule has 1 aromatic carbocycles. The summed E-state index contributed by atoms with van der Waals surface area (Å²) >= 11 is 0. The minimum atomic E-state index is 0.266. The Morgan fingerprint density at radius 2 is 2.10 bits per heavy atom. The largest absolute Gasteiger partial charge is 0.493 e. The van der Waals surface area contributed by atoms with E-state index >= 15 is 0 Å². The van der Waals surface area contributed by atoms with E-state index in [2.05, 4.69) is 5.32 Å². The minimum Gasteiger partial charge on any atom is -0.493 e. The third-order valence-electron chi connectivity index (χ3n) is 3.42. The molecule has 0 unspecified atom stereocenters. The van der Waals surface area contributed by atoms with Crippen molar-refractivity contribution in [1.82, 2.24) is 5.32 Å². The summed E-state index contributed by atoms with van der Waals surface area (Å²) in [6.45, 7) is 3.24. The van der Waals surface area contributed by atoms with Gasteiger partial charge in [-0.2, -0.15) is 0 Å². The lowest BCUT2D eigenvalue weighted by molar-refractivity contribution is 0.00806. The molecule has 0 radical (unpaired) electrons. The van der Waals surface area contributed by atoms with Gasteiger partial charge in [-0.25, -0.2) is 0 Å². The lowest BCUT2D eigenvalue weighted by Gasteiger charge is -2.15. The fourth-order valence-corrected chi connectivity index (χ4v) is 2.02. The van der Waals surface area contributed by atoms with Crippen LogP contribution in [0.5, 0.6) is 11.5 Å². The van der Waals surface area contributed by atoms with Crippen LogP contribution in [-0.2, 0) is 16.0 Å². The maximum Gasteiger partial charge on any atom is 0.189 e. The van der Waals surface area contributed by atoms with Gasteiger partial charge in [-0.05, 0) is 24.8 Å². The third-order valence-corrected chi connectivity index (χ3v) is 3.42. The van der Waals surface area contributed by atoms with E-state index in [0.29, 0.717) is 13.2 Å². The van der Waals surface area contributed by atoms with E-state index < -0.39 is 0 Å². The Labute approximate surface area is 126 Å². The topological polar surface area (TPSA) is 49.0 Å². The Morgan fingerprint density at radius 1 is 1.24 bits per heavy atom. The molecule has 1 saturated carbocycles. The minimum absolute atomic E-state index is 0.266. The van der Waals surface area contributed by atoms with Crippen molar-refractivity contribution in [2.45, 2.75) is 19.4 Å². The zero-order valence-electron chi connectivity index (χ0n) is 12.9. The highest BCUT2D eigenvalue weighted by atomic mass is 16.7. The molecule has 0 amide bonds. The highest BCUT2D eigenvalue weighted by molar-refractivity contribution is 5.46. The van der Waals surface area contributed by atoms with Crippen LogP contribution in [0.15, 0.2) is 18.2 Å². The van der Waals surface area contributed by atoms with Crippen molar-refractivity contribution in [1.29, 1.82) is 0 Å². The van der Waals surface area contributed by atoms with E-state index in [4.69, 9.17) is 18.9 Å². The van der Waals surface area contributed by atoms with Gasteiger partial charge in [-0.15, -0.1) is 0 Å². The van der Waals surface area contributed by atoms with Gasteiger partial charge >= 0.3 is 0 Å². The van der Waals surface area contributed by atoms with E-state index in [9.17, 15) is 0 Å². The number of hydrogen-bond donors (Lipinski definition) is 1. The predicted molar refractivity (Wildman–Crippen MR) is 80.7 cm³/mol. The van der Waals surface area contributed by atoms with Crippen LogP contribution in [0.2, 0.25) is 0 Å². The van der Waals surface area contributed by atoms with Gasteiger partial charge < -0.3 is 24.3 Å². The first-order chi connectivity index (χ1) is 10.3. The molecular weight excluding hydrogens is 270 g/mol. The maximum absolute atomic E-state index is 5.78. The summed E-state index contributed by atoms with van der Waals surface area (Å²) in [7, 11) is 3.34.